The van der Waals surface area contributed by atoms with Crippen molar-refractivity contribution in [3.63, 3.8) is 0 Å². The SMILES string of the molecule is CN(C)S(=O)(=O)c1ccc(Br)c(C(=O)OC2CCCCC2)c1. The van der Waals surface area contributed by atoms with Crippen molar-refractivity contribution in [1.82, 2.24) is 4.31 Å². The lowest BCUT2D eigenvalue weighted by Crippen LogP contribution is -2.23. The molecule has 7 heteroatoms. The lowest BCUT2D eigenvalue weighted by molar-refractivity contribution is 0.0210. The Balaban J connectivity index is 2.24. The van der Waals surface area contributed by atoms with Crippen LogP contribution < -0.4 is 0 Å². The number of benzene rings is 1. The summed E-state index contributed by atoms with van der Waals surface area (Å²) in [5.74, 6) is -0.477. The maximum atomic E-state index is 12.3. The van der Waals surface area contributed by atoms with Gasteiger partial charge in [0.2, 0.25) is 10.0 Å². The Bertz CT molecular complexity index is 652. The Morgan fingerprint density at radius 3 is 2.45 bits per heavy atom. The first kappa shape index (κ1) is 17.4. The summed E-state index contributed by atoms with van der Waals surface area (Å²) in [6, 6.07) is 4.40. The summed E-state index contributed by atoms with van der Waals surface area (Å²) in [5, 5.41) is 0. The number of sulfonamides is 1. The number of halogens is 1. The van der Waals surface area contributed by atoms with E-state index in [0.717, 1.165) is 30.0 Å². The summed E-state index contributed by atoms with van der Waals surface area (Å²) in [5.41, 5.74) is 0.244. The van der Waals surface area contributed by atoms with E-state index in [1.807, 2.05) is 0 Å². The van der Waals surface area contributed by atoms with Crippen molar-refractivity contribution >= 4 is 31.9 Å². The predicted molar refractivity (Wildman–Crippen MR) is 87.3 cm³/mol. The van der Waals surface area contributed by atoms with Gasteiger partial charge in [-0.3, -0.25) is 0 Å². The minimum atomic E-state index is -3.58. The Hall–Kier alpha value is -0.920. The zero-order valence-corrected chi connectivity index (χ0v) is 15.1. The highest BCUT2D eigenvalue weighted by Crippen LogP contribution is 2.26. The van der Waals surface area contributed by atoms with Crippen LogP contribution in [0.5, 0.6) is 0 Å². The van der Waals surface area contributed by atoms with Crippen LogP contribution in [0.2, 0.25) is 0 Å². The lowest BCUT2D eigenvalue weighted by Gasteiger charge is -2.22. The number of hydrogen-bond donors (Lipinski definition) is 0. The second kappa shape index (κ2) is 7.10. The molecule has 1 fully saturated rings. The molecule has 22 heavy (non-hydrogen) atoms. The van der Waals surface area contributed by atoms with Gasteiger partial charge < -0.3 is 4.74 Å². The van der Waals surface area contributed by atoms with E-state index in [4.69, 9.17) is 4.74 Å². The molecule has 5 nitrogen and oxygen atoms in total. The summed E-state index contributed by atoms with van der Waals surface area (Å²) in [4.78, 5) is 12.4. The van der Waals surface area contributed by atoms with E-state index in [1.165, 1.54) is 32.6 Å². The van der Waals surface area contributed by atoms with Gasteiger partial charge in [-0.15, -0.1) is 0 Å². The molecule has 0 amide bonds. The Morgan fingerprint density at radius 2 is 1.86 bits per heavy atom. The van der Waals surface area contributed by atoms with E-state index in [0.29, 0.717) is 4.47 Å². The zero-order valence-electron chi connectivity index (χ0n) is 12.7. The van der Waals surface area contributed by atoms with Crippen LogP contribution in [0, 0.1) is 0 Å². The molecule has 1 saturated carbocycles. The maximum Gasteiger partial charge on any atom is 0.339 e. The standard InChI is InChI=1S/C15H20BrNO4S/c1-17(2)22(19,20)12-8-9-14(16)13(10-12)15(18)21-11-6-4-3-5-7-11/h8-11H,3-7H2,1-2H3. The zero-order chi connectivity index (χ0) is 16.3. The van der Waals surface area contributed by atoms with E-state index < -0.39 is 16.0 Å². The van der Waals surface area contributed by atoms with Crippen LogP contribution in [0.4, 0.5) is 0 Å². The van der Waals surface area contributed by atoms with E-state index in [2.05, 4.69) is 15.9 Å². The van der Waals surface area contributed by atoms with Crippen molar-refractivity contribution in [2.24, 2.45) is 0 Å². The predicted octanol–water partition coefficient (Wildman–Crippen LogP) is 3.19. The van der Waals surface area contributed by atoms with Crippen molar-refractivity contribution < 1.29 is 17.9 Å². The molecule has 0 aliphatic heterocycles. The smallest absolute Gasteiger partial charge is 0.339 e. The van der Waals surface area contributed by atoms with Crippen molar-refractivity contribution in [3.8, 4) is 0 Å². The molecule has 1 aromatic carbocycles. The second-order valence-corrected chi connectivity index (χ2v) is 8.60. The third-order valence-corrected chi connectivity index (χ3v) is 6.26. The van der Waals surface area contributed by atoms with Crippen LogP contribution in [-0.2, 0) is 14.8 Å². The van der Waals surface area contributed by atoms with Gasteiger partial charge in [-0.05, 0) is 59.8 Å². The molecule has 0 bridgehead atoms. The molecule has 1 aliphatic carbocycles. The molecule has 1 aliphatic rings. The Labute approximate surface area is 139 Å². The van der Waals surface area contributed by atoms with Gasteiger partial charge in [-0.25, -0.2) is 17.5 Å². The molecule has 0 atom stereocenters. The summed E-state index contributed by atoms with van der Waals surface area (Å²) in [6.07, 6.45) is 4.98. The van der Waals surface area contributed by atoms with Crippen LogP contribution in [-0.4, -0.2) is 38.9 Å². The van der Waals surface area contributed by atoms with Crippen LogP contribution >= 0.6 is 15.9 Å². The van der Waals surface area contributed by atoms with Gasteiger partial charge in [0.05, 0.1) is 10.5 Å². The molecular formula is C15H20BrNO4S. The molecule has 0 heterocycles. The Morgan fingerprint density at radius 1 is 1.23 bits per heavy atom. The minimum Gasteiger partial charge on any atom is -0.459 e. The lowest BCUT2D eigenvalue weighted by atomic mass is 9.98. The van der Waals surface area contributed by atoms with Gasteiger partial charge in [-0.2, -0.15) is 0 Å². The number of hydrogen-bond acceptors (Lipinski definition) is 4. The van der Waals surface area contributed by atoms with Gasteiger partial charge in [0.1, 0.15) is 6.10 Å². The highest BCUT2D eigenvalue weighted by molar-refractivity contribution is 9.10. The van der Waals surface area contributed by atoms with Crippen LogP contribution in [0.15, 0.2) is 27.6 Å². The maximum absolute atomic E-state index is 12.3. The highest BCUT2D eigenvalue weighted by Gasteiger charge is 2.23. The van der Waals surface area contributed by atoms with E-state index in [1.54, 1.807) is 6.07 Å². The average molecular weight is 390 g/mol. The van der Waals surface area contributed by atoms with Crippen molar-refractivity contribution in [1.29, 1.82) is 0 Å². The van der Waals surface area contributed by atoms with Crippen LogP contribution in [0.25, 0.3) is 0 Å². The number of rotatable bonds is 4. The fourth-order valence-corrected chi connectivity index (χ4v) is 3.77. The molecule has 0 spiro atoms. The summed E-state index contributed by atoms with van der Waals surface area (Å²) >= 11 is 3.29. The van der Waals surface area contributed by atoms with E-state index >= 15 is 0 Å². The van der Waals surface area contributed by atoms with Crippen molar-refractivity contribution in [3.05, 3.63) is 28.2 Å². The first-order chi connectivity index (χ1) is 10.3. The number of carbonyl (C=O) groups excluding carboxylic acids is 1. The molecular weight excluding hydrogens is 370 g/mol. The first-order valence-electron chi connectivity index (χ1n) is 7.25. The monoisotopic (exact) mass is 389 g/mol. The minimum absolute atomic E-state index is 0.0673. The van der Waals surface area contributed by atoms with Crippen molar-refractivity contribution in [2.75, 3.05) is 14.1 Å². The van der Waals surface area contributed by atoms with E-state index in [9.17, 15) is 13.2 Å². The fourth-order valence-electron chi connectivity index (χ4n) is 2.43. The summed E-state index contributed by atoms with van der Waals surface area (Å²) < 4.78 is 31.5. The van der Waals surface area contributed by atoms with Crippen LogP contribution in [0.1, 0.15) is 42.5 Å². The molecule has 0 unspecified atom stereocenters. The normalized spacial score (nSPS) is 16.7. The number of ether oxygens (including phenoxy) is 1. The topological polar surface area (TPSA) is 63.7 Å². The quantitative estimate of drug-likeness (QED) is 0.741. The highest BCUT2D eigenvalue weighted by atomic mass is 79.9. The van der Waals surface area contributed by atoms with Gasteiger partial charge in [0.25, 0.3) is 0 Å². The van der Waals surface area contributed by atoms with Gasteiger partial charge in [0, 0.05) is 18.6 Å². The molecule has 1 aromatic rings. The largest absolute Gasteiger partial charge is 0.459 e. The molecule has 0 radical (unpaired) electrons. The van der Waals surface area contributed by atoms with Gasteiger partial charge >= 0.3 is 5.97 Å². The Kier molecular flexibility index (Phi) is 5.63. The molecule has 0 N–H and O–H groups in total. The third kappa shape index (κ3) is 3.88. The van der Waals surface area contributed by atoms with Crippen LogP contribution in [0.3, 0.4) is 0 Å². The molecule has 0 aromatic heterocycles. The fraction of sp³-hybridized carbons (Fsp3) is 0.533. The third-order valence-electron chi connectivity index (χ3n) is 3.76. The number of carbonyl (C=O) groups is 1. The number of esters is 1. The molecule has 2 rings (SSSR count). The van der Waals surface area contributed by atoms with Gasteiger partial charge in [-0.1, -0.05) is 6.42 Å². The molecule has 122 valence electrons. The van der Waals surface area contributed by atoms with E-state index in [-0.39, 0.29) is 16.6 Å². The summed E-state index contributed by atoms with van der Waals surface area (Å²) in [7, 11) is -0.667. The molecule has 0 saturated heterocycles. The number of nitrogens with zero attached hydrogens (tertiary/aromatic N) is 1. The van der Waals surface area contributed by atoms with Crippen molar-refractivity contribution in [2.45, 2.75) is 43.1 Å². The second-order valence-electron chi connectivity index (χ2n) is 5.59. The summed E-state index contributed by atoms with van der Waals surface area (Å²) in [6.45, 7) is 0. The first-order valence-corrected chi connectivity index (χ1v) is 9.48. The van der Waals surface area contributed by atoms with Gasteiger partial charge in [0.15, 0.2) is 0 Å². The average Bonchev–Trinajstić information content (AvgIpc) is 2.48.